The number of ether oxygens (including phenoxy) is 1. The van der Waals surface area contributed by atoms with Crippen LogP contribution >= 0.6 is 0 Å². The van der Waals surface area contributed by atoms with E-state index in [0.717, 1.165) is 37.0 Å². The van der Waals surface area contributed by atoms with E-state index in [9.17, 15) is 26.7 Å². The van der Waals surface area contributed by atoms with Crippen LogP contribution in [0.2, 0.25) is 0 Å². The van der Waals surface area contributed by atoms with Gasteiger partial charge in [0.2, 0.25) is 5.91 Å². The number of hydrogen-bond donors (Lipinski definition) is 1. The van der Waals surface area contributed by atoms with E-state index in [4.69, 9.17) is 4.74 Å². The summed E-state index contributed by atoms with van der Waals surface area (Å²) in [6.45, 7) is 8.32. The zero-order chi connectivity index (χ0) is 24.5. The fourth-order valence-corrected chi connectivity index (χ4v) is 5.52. The second-order valence-corrected chi connectivity index (χ2v) is 10.0. The second kappa shape index (κ2) is 7.73. The highest BCUT2D eigenvalue weighted by atomic mass is 19.4. The van der Waals surface area contributed by atoms with Crippen molar-refractivity contribution >= 4 is 11.6 Å². The fraction of sp³-hybridized carbons (Fsp3) is 0.609. The summed E-state index contributed by atoms with van der Waals surface area (Å²) in [4.78, 5) is 17.4. The Morgan fingerprint density at radius 3 is 2.50 bits per heavy atom. The first-order valence-corrected chi connectivity index (χ1v) is 11.3. The lowest BCUT2D eigenvalue weighted by molar-refractivity contribution is -0.140. The quantitative estimate of drug-likeness (QED) is 0.664. The molecule has 34 heavy (non-hydrogen) atoms. The Labute approximate surface area is 194 Å². The number of nitrogens with zero attached hydrogens (tertiary/aromatic N) is 3. The van der Waals surface area contributed by atoms with Gasteiger partial charge in [-0.1, -0.05) is 12.6 Å². The van der Waals surface area contributed by atoms with E-state index >= 15 is 0 Å². The highest BCUT2D eigenvalue weighted by Gasteiger charge is 2.54. The highest BCUT2D eigenvalue weighted by Crippen LogP contribution is 2.48. The minimum atomic E-state index is -4.62. The maximum absolute atomic E-state index is 13.8. The smallest absolute Gasteiger partial charge is 0.370 e. The molecule has 4 saturated heterocycles. The van der Waals surface area contributed by atoms with Crippen LogP contribution in [0.3, 0.4) is 0 Å². The standard InChI is InChI=1S/C23H27F5N4O2/c1-14(30-6-5-19-17(8-30)29-20(33)9-34-19)31-10-22(11-31)12-32(13-22)18-7-15(21(2,24)25)3-4-16(18)23(26,27)28/h3-4,7,17,19H,1,5-6,8-13H2,2H3,(H,29,33). The molecule has 186 valence electrons. The van der Waals surface area contributed by atoms with Crippen LogP contribution in [0, 0.1) is 5.41 Å². The molecular formula is C23H27F5N4O2. The maximum atomic E-state index is 13.8. The van der Waals surface area contributed by atoms with Gasteiger partial charge in [0.25, 0.3) is 5.92 Å². The molecule has 4 aliphatic rings. The van der Waals surface area contributed by atoms with Crippen LogP contribution < -0.4 is 10.2 Å². The van der Waals surface area contributed by atoms with Gasteiger partial charge < -0.3 is 24.8 Å². The Balaban J connectivity index is 1.21. The van der Waals surface area contributed by atoms with Gasteiger partial charge in [0.05, 0.1) is 23.5 Å². The van der Waals surface area contributed by atoms with Crippen molar-refractivity contribution in [3.05, 3.63) is 41.7 Å². The molecular weight excluding hydrogens is 459 g/mol. The van der Waals surface area contributed by atoms with Gasteiger partial charge in [0.15, 0.2) is 0 Å². The molecule has 2 unspecified atom stereocenters. The van der Waals surface area contributed by atoms with E-state index in [0.29, 0.717) is 39.6 Å². The van der Waals surface area contributed by atoms with Crippen LogP contribution in [0.1, 0.15) is 24.5 Å². The summed E-state index contributed by atoms with van der Waals surface area (Å²) in [5.41, 5.74) is -1.70. The minimum absolute atomic E-state index is 0.00115. The van der Waals surface area contributed by atoms with Crippen molar-refractivity contribution in [3.8, 4) is 0 Å². The van der Waals surface area contributed by atoms with Crippen LogP contribution in [0.15, 0.2) is 30.6 Å². The summed E-state index contributed by atoms with van der Waals surface area (Å²) in [5, 5.41) is 2.96. The van der Waals surface area contributed by atoms with Crippen LogP contribution in [-0.4, -0.2) is 73.7 Å². The zero-order valence-corrected chi connectivity index (χ0v) is 18.8. The Bertz CT molecular complexity index is 994. The normalized spacial score (nSPS) is 26.5. The van der Waals surface area contributed by atoms with Crippen molar-refractivity contribution in [1.82, 2.24) is 15.1 Å². The molecule has 4 fully saturated rings. The number of piperidine rings is 1. The van der Waals surface area contributed by atoms with Crippen molar-refractivity contribution in [2.45, 2.75) is 37.6 Å². The Kier molecular flexibility index (Phi) is 5.27. The number of anilines is 1. The molecule has 4 heterocycles. The predicted molar refractivity (Wildman–Crippen MR) is 114 cm³/mol. The van der Waals surface area contributed by atoms with Gasteiger partial charge in [-0.05, 0) is 18.6 Å². The molecule has 2 atom stereocenters. The topological polar surface area (TPSA) is 48.1 Å². The number of amides is 1. The largest absolute Gasteiger partial charge is 0.418 e. The summed E-state index contributed by atoms with van der Waals surface area (Å²) in [5.74, 6) is -2.52. The number of hydrogen-bond acceptors (Lipinski definition) is 5. The lowest BCUT2D eigenvalue weighted by Gasteiger charge is -2.63. The summed E-state index contributed by atoms with van der Waals surface area (Å²) < 4.78 is 73.7. The first kappa shape index (κ1) is 23.2. The van der Waals surface area contributed by atoms with E-state index in [1.807, 2.05) is 0 Å². The van der Waals surface area contributed by atoms with E-state index in [-0.39, 0.29) is 35.8 Å². The number of nitrogens with one attached hydrogen (secondary N) is 1. The lowest BCUT2D eigenvalue weighted by Crippen LogP contribution is -2.73. The number of carbonyl (C=O) groups is 1. The fourth-order valence-electron chi connectivity index (χ4n) is 5.52. The number of morpholine rings is 1. The van der Waals surface area contributed by atoms with E-state index < -0.39 is 23.2 Å². The third-order valence-corrected chi connectivity index (χ3v) is 7.31. The molecule has 0 aromatic heterocycles. The van der Waals surface area contributed by atoms with Gasteiger partial charge in [-0.2, -0.15) is 13.2 Å². The van der Waals surface area contributed by atoms with Gasteiger partial charge >= 0.3 is 6.18 Å². The number of halogens is 5. The number of likely N-dealkylation sites (tertiary alicyclic amines) is 2. The number of fused-ring (bicyclic) bond motifs is 1. The van der Waals surface area contributed by atoms with Crippen molar-refractivity contribution in [2.24, 2.45) is 5.41 Å². The summed E-state index contributed by atoms with van der Waals surface area (Å²) in [6, 6.07) is 2.47. The van der Waals surface area contributed by atoms with E-state index in [2.05, 4.69) is 21.7 Å². The molecule has 1 aromatic carbocycles. The molecule has 0 saturated carbocycles. The first-order valence-electron chi connectivity index (χ1n) is 11.3. The molecule has 1 aromatic rings. The zero-order valence-electron chi connectivity index (χ0n) is 18.8. The summed E-state index contributed by atoms with van der Waals surface area (Å²) in [7, 11) is 0. The van der Waals surface area contributed by atoms with E-state index in [1.165, 1.54) is 0 Å². The molecule has 0 radical (unpaired) electrons. The Morgan fingerprint density at radius 2 is 1.85 bits per heavy atom. The molecule has 6 nitrogen and oxygen atoms in total. The summed E-state index contributed by atoms with van der Waals surface area (Å²) in [6.07, 6.45) is -3.85. The average molecular weight is 486 g/mol. The Hall–Kier alpha value is -2.56. The maximum Gasteiger partial charge on any atom is 0.418 e. The summed E-state index contributed by atoms with van der Waals surface area (Å²) >= 11 is 0. The van der Waals surface area contributed by atoms with Crippen molar-refractivity contribution in [1.29, 1.82) is 0 Å². The molecule has 1 N–H and O–H groups in total. The lowest BCUT2D eigenvalue weighted by atomic mass is 9.72. The van der Waals surface area contributed by atoms with Crippen LogP contribution in [-0.2, 0) is 21.6 Å². The van der Waals surface area contributed by atoms with Gasteiger partial charge in [0, 0.05) is 62.9 Å². The molecule has 1 amide bonds. The van der Waals surface area contributed by atoms with Gasteiger partial charge in [-0.25, -0.2) is 8.78 Å². The van der Waals surface area contributed by atoms with Crippen molar-refractivity contribution in [2.75, 3.05) is 50.8 Å². The third-order valence-electron chi connectivity index (χ3n) is 7.31. The van der Waals surface area contributed by atoms with Gasteiger partial charge in [0.1, 0.15) is 6.61 Å². The van der Waals surface area contributed by atoms with Crippen molar-refractivity contribution in [3.63, 3.8) is 0 Å². The predicted octanol–water partition coefficient (Wildman–Crippen LogP) is 3.00. The molecule has 0 bridgehead atoms. The second-order valence-electron chi connectivity index (χ2n) is 10.0. The number of alkyl halides is 5. The molecule has 0 aliphatic carbocycles. The molecule has 1 spiro atoms. The monoisotopic (exact) mass is 486 g/mol. The van der Waals surface area contributed by atoms with E-state index in [1.54, 1.807) is 4.90 Å². The Morgan fingerprint density at radius 1 is 1.15 bits per heavy atom. The minimum Gasteiger partial charge on any atom is -0.370 e. The molecule has 5 rings (SSSR count). The third kappa shape index (κ3) is 4.08. The first-order chi connectivity index (χ1) is 15.8. The van der Waals surface area contributed by atoms with Crippen molar-refractivity contribution < 1.29 is 31.5 Å². The van der Waals surface area contributed by atoms with Gasteiger partial charge in [-0.15, -0.1) is 0 Å². The van der Waals surface area contributed by atoms with Gasteiger partial charge in [-0.3, -0.25) is 4.79 Å². The average Bonchev–Trinajstić information content (AvgIpc) is 2.69. The molecule has 11 heteroatoms. The van der Waals surface area contributed by atoms with Crippen LogP contribution in [0.4, 0.5) is 27.6 Å². The molecule has 4 aliphatic heterocycles. The SMILES string of the molecule is C=C(N1CCC2OCC(=O)NC2C1)N1CC2(C1)CN(c1cc(C(C)(F)F)ccc1C(F)(F)F)C2. The van der Waals surface area contributed by atoms with Crippen LogP contribution in [0.25, 0.3) is 0 Å². The number of benzene rings is 1. The highest BCUT2D eigenvalue weighted by molar-refractivity contribution is 5.78. The van der Waals surface area contributed by atoms with Crippen LogP contribution in [0.5, 0.6) is 0 Å². The number of rotatable bonds is 4. The number of carbonyl (C=O) groups excluding carboxylic acids is 1.